The highest BCUT2D eigenvalue weighted by Crippen LogP contribution is 2.32. The molecule has 0 atom stereocenters. The first-order valence-corrected chi connectivity index (χ1v) is 12.6. The van der Waals surface area contributed by atoms with Crippen molar-refractivity contribution in [2.75, 3.05) is 0 Å². The third-order valence-corrected chi connectivity index (χ3v) is 6.55. The molecule has 4 heterocycles. The molecule has 37 heavy (non-hydrogen) atoms. The lowest BCUT2D eigenvalue weighted by Gasteiger charge is -2.14. The Kier molecular flexibility index (Phi) is 6.80. The van der Waals surface area contributed by atoms with E-state index in [0.29, 0.717) is 12.4 Å². The van der Waals surface area contributed by atoms with Crippen molar-refractivity contribution in [2.24, 2.45) is 0 Å². The molecular formula is C27H31N9O. The largest absolute Gasteiger partial charge is 0.334 e. The second-order valence-electron chi connectivity index (χ2n) is 9.47. The molecule has 0 aliphatic carbocycles. The molecule has 0 amide bonds. The van der Waals surface area contributed by atoms with Crippen molar-refractivity contribution < 1.29 is 0 Å². The zero-order valence-corrected chi connectivity index (χ0v) is 21.6. The van der Waals surface area contributed by atoms with Gasteiger partial charge in [0.15, 0.2) is 0 Å². The number of aromatic amines is 1. The fraction of sp³-hybridized carbons (Fsp3) is 0.333. The Morgan fingerprint density at radius 3 is 2.59 bits per heavy atom. The Bertz CT molecular complexity index is 1560. The second kappa shape index (κ2) is 10.3. The topological polar surface area (TPSA) is 112 Å². The highest BCUT2D eigenvalue weighted by atomic mass is 16.1. The van der Waals surface area contributed by atoms with E-state index in [4.69, 9.17) is 0 Å². The van der Waals surface area contributed by atoms with Gasteiger partial charge in [0.2, 0.25) is 5.82 Å². The van der Waals surface area contributed by atoms with E-state index in [2.05, 4.69) is 51.5 Å². The van der Waals surface area contributed by atoms with Gasteiger partial charge in [-0.25, -0.2) is 9.48 Å². The molecule has 0 aliphatic rings. The van der Waals surface area contributed by atoms with Crippen LogP contribution in [0.15, 0.2) is 59.9 Å². The summed E-state index contributed by atoms with van der Waals surface area (Å²) in [5.74, 6) is 1.33. The number of rotatable bonds is 9. The molecule has 0 fully saturated rings. The van der Waals surface area contributed by atoms with Gasteiger partial charge >= 0.3 is 5.69 Å². The van der Waals surface area contributed by atoms with Gasteiger partial charge in [0, 0.05) is 41.5 Å². The Labute approximate surface area is 215 Å². The Morgan fingerprint density at radius 1 is 1.05 bits per heavy atom. The number of aromatic nitrogens is 9. The third-order valence-electron chi connectivity index (χ3n) is 6.55. The number of imidazole rings is 1. The number of pyridine rings is 1. The first-order valence-electron chi connectivity index (χ1n) is 12.6. The molecule has 1 N–H and O–H groups in total. The number of unbranched alkanes of at least 4 members (excludes halogenated alkanes) is 1. The number of nitrogens with one attached hydrogen (secondary N) is 1. The lowest BCUT2D eigenvalue weighted by molar-refractivity contribution is 0.518. The lowest BCUT2D eigenvalue weighted by Crippen LogP contribution is -2.27. The summed E-state index contributed by atoms with van der Waals surface area (Å²) in [7, 11) is 0. The Morgan fingerprint density at radius 2 is 1.86 bits per heavy atom. The van der Waals surface area contributed by atoms with Crippen molar-refractivity contribution in [1.29, 1.82) is 0 Å². The lowest BCUT2D eigenvalue weighted by atomic mass is 9.96. The fourth-order valence-electron chi connectivity index (χ4n) is 4.70. The number of tetrazole rings is 1. The molecule has 190 valence electrons. The quantitative estimate of drug-likeness (QED) is 0.324. The van der Waals surface area contributed by atoms with E-state index < -0.39 is 0 Å². The predicted molar refractivity (Wildman–Crippen MR) is 141 cm³/mol. The van der Waals surface area contributed by atoms with Gasteiger partial charge in [-0.2, -0.15) is 10.3 Å². The van der Waals surface area contributed by atoms with Gasteiger partial charge in [-0.3, -0.25) is 14.1 Å². The van der Waals surface area contributed by atoms with Crippen LogP contribution < -0.4 is 5.69 Å². The summed E-state index contributed by atoms with van der Waals surface area (Å²) in [4.78, 5) is 18.3. The maximum atomic E-state index is 13.9. The van der Waals surface area contributed by atoms with E-state index in [0.717, 1.165) is 58.6 Å². The molecule has 10 nitrogen and oxygen atoms in total. The van der Waals surface area contributed by atoms with Crippen molar-refractivity contribution in [3.63, 3.8) is 0 Å². The van der Waals surface area contributed by atoms with E-state index >= 15 is 0 Å². The summed E-state index contributed by atoms with van der Waals surface area (Å²) in [6, 6.07) is 10.0. The Balaban J connectivity index is 1.63. The molecule has 4 aromatic heterocycles. The van der Waals surface area contributed by atoms with Gasteiger partial charge in [-0.15, -0.1) is 10.2 Å². The van der Waals surface area contributed by atoms with Crippen molar-refractivity contribution >= 4 is 0 Å². The average molecular weight is 498 g/mol. The van der Waals surface area contributed by atoms with E-state index in [-0.39, 0.29) is 11.7 Å². The molecule has 0 saturated carbocycles. The van der Waals surface area contributed by atoms with Crippen LogP contribution >= 0.6 is 0 Å². The molecular weight excluding hydrogens is 466 g/mol. The van der Waals surface area contributed by atoms with E-state index in [1.54, 1.807) is 10.8 Å². The Hall–Kier alpha value is -4.34. The maximum absolute atomic E-state index is 13.9. The number of benzene rings is 1. The molecule has 0 spiro atoms. The van der Waals surface area contributed by atoms with Crippen molar-refractivity contribution in [1.82, 2.24) is 44.5 Å². The molecule has 0 aliphatic heterocycles. The summed E-state index contributed by atoms with van der Waals surface area (Å²) in [6.07, 6.45) is 10.2. The van der Waals surface area contributed by atoms with Gasteiger partial charge in [0.05, 0.1) is 12.7 Å². The van der Waals surface area contributed by atoms with Gasteiger partial charge in [-0.05, 0) is 61.6 Å². The SMILES string of the molecule is CCCCc1cn(-c2c(C)cnn2C(C)C)c(=O)n1Cc1cnccc1-c1ccccc1-c1nn[nH]n1. The van der Waals surface area contributed by atoms with Crippen LogP contribution in [0.2, 0.25) is 0 Å². The normalized spacial score (nSPS) is 11.5. The average Bonchev–Trinajstić information content (AvgIpc) is 3.64. The predicted octanol–water partition coefficient (Wildman–Crippen LogP) is 4.36. The first-order chi connectivity index (χ1) is 18.0. The van der Waals surface area contributed by atoms with Crippen LogP contribution in [-0.4, -0.2) is 44.5 Å². The van der Waals surface area contributed by atoms with Crippen LogP contribution in [-0.2, 0) is 13.0 Å². The zero-order chi connectivity index (χ0) is 25.9. The molecule has 0 unspecified atom stereocenters. The number of aryl methyl sites for hydroxylation is 2. The van der Waals surface area contributed by atoms with E-state index in [9.17, 15) is 4.79 Å². The number of H-pyrrole nitrogens is 1. The molecule has 0 bridgehead atoms. The van der Waals surface area contributed by atoms with Crippen LogP contribution in [0, 0.1) is 6.92 Å². The smallest absolute Gasteiger partial charge is 0.291 e. The second-order valence-corrected chi connectivity index (χ2v) is 9.47. The fourth-order valence-corrected chi connectivity index (χ4v) is 4.70. The number of hydrogen-bond donors (Lipinski definition) is 1. The van der Waals surface area contributed by atoms with Gasteiger partial charge in [0.25, 0.3) is 0 Å². The van der Waals surface area contributed by atoms with Crippen molar-refractivity contribution in [3.8, 4) is 28.3 Å². The van der Waals surface area contributed by atoms with Crippen LogP contribution in [0.3, 0.4) is 0 Å². The van der Waals surface area contributed by atoms with Gasteiger partial charge < -0.3 is 0 Å². The molecule has 1 aromatic carbocycles. The van der Waals surface area contributed by atoms with Gasteiger partial charge in [-0.1, -0.05) is 37.6 Å². The highest BCUT2D eigenvalue weighted by molar-refractivity contribution is 5.81. The summed E-state index contributed by atoms with van der Waals surface area (Å²) >= 11 is 0. The molecule has 5 aromatic rings. The van der Waals surface area contributed by atoms with E-state index in [1.165, 1.54) is 0 Å². The standard InChI is InChI=1S/C27H31N9O/c1-5-6-9-21-17-35(26-19(4)14-29-36(26)18(2)3)27(37)34(21)16-20-15-28-13-12-22(20)23-10-7-8-11-24(23)25-30-32-33-31-25/h7-8,10-15,17-18H,5-6,9,16H2,1-4H3,(H,30,31,32,33). The van der Waals surface area contributed by atoms with Crippen LogP contribution in [0.4, 0.5) is 0 Å². The maximum Gasteiger partial charge on any atom is 0.334 e. The zero-order valence-electron chi connectivity index (χ0n) is 21.6. The highest BCUT2D eigenvalue weighted by Gasteiger charge is 2.21. The summed E-state index contributed by atoms with van der Waals surface area (Å²) in [5.41, 5.74) is 5.59. The number of nitrogens with zero attached hydrogens (tertiary/aromatic N) is 8. The van der Waals surface area contributed by atoms with Gasteiger partial charge in [0.1, 0.15) is 5.82 Å². The molecule has 10 heteroatoms. The molecule has 5 rings (SSSR count). The minimum atomic E-state index is -0.0853. The van der Waals surface area contributed by atoms with Crippen LogP contribution in [0.1, 0.15) is 56.5 Å². The first kappa shape index (κ1) is 24.4. The monoisotopic (exact) mass is 497 g/mol. The van der Waals surface area contributed by atoms with Crippen LogP contribution in [0.5, 0.6) is 0 Å². The van der Waals surface area contributed by atoms with Crippen molar-refractivity contribution in [3.05, 3.63) is 82.4 Å². The minimum Gasteiger partial charge on any atom is -0.291 e. The molecule has 0 saturated heterocycles. The summed E-state index contributed by atoms with van der Waals surface area (Å²) in [6.45, 7) is 8.68. The summed E-state index contributed by atoms with van der Waals surface area (Å²) in [5, 5.41) is 19.1. The third kappa shape index (κ3) is 4.62. The van der Waals surface area contributed by atoms with E-state index in [1.807, 2.05) is 65.1 Å². The van der Waals surface area contributed by atoms with Crippen molar-refractivity contribution in [2.45, 2.75) is 59.5 Å². The van der Waals surface area contributed by atoms with Crippen LogP contribution in [0.25, 0.3) is 28.3 Å². The minimum absolute atomic E-state index is 0.0853. The molecule has 0 radical (unpaired) electrons. The number of hydrogen-bond acceptors (Lipinski definition) is 6. The summed E-state index contributed by atoms with van der Waals surface area (Å²) < 4.78 is 5.52.